The van der Waals surface area contributed by atoms with Crippen molar-refractivity contribution in [2.75, 3.05) is 13.7 Å². The number of hydrogen-bond acceptors (Lipinski definition) is 3. The van der Waals surface area contributed by atoms with Crippen LogP contribution in [-0.4, -0.2) is 25.5 Å². The minimum absolute atomic E-state index is 0.000417. The lowest BCUT2D eigenvalue weighted by molar-refractivity contribution is 0.0871. The highest BCUT2D eigenvalue weighted by Gasteiger charge is 2.34. The Hall–Kier alpha value is -1.26. The standard InChI is InChI=1S/C12H14FNO2/c1-16-6-11(14)10-5-7-4-8(13)2-3-9(7)12(10)15/h2-4,10-11H,5-6,14H2,1H3. The van der Waals surface area contributed by atoms with Crippen LogP contribution in [0.3, 0.4) is 0 Å². The predicted molar refractivity (Wildman–Crippen MR) is 57.8 cm³/mol. The molecule has 3 nitrogen and oxygen atoms in total. The van der Waals surface area contributed by atoms with E-state index in [0.717, 1.165) is 5.56 Å². The minimum atomic E-state index is -0.326. The summed E-state index contributed by atoms with van der Waals surface area (Å²) in [7, 11) is 1.55. The van der Waals surface area contributed by atoms with Crippen molar-refractivity contribution in [1.29, 1.82) is 0 Å². The third kappa shape index (κ3) is 1.86. The van der Waals surface area contributed by atoms with Crippen molar-refractivity contribution >= 4 is 5.78 Å². The zero-order chi connectivity index (χ0) is 11.7. The Morgan fingerprint density at radius 3 is 3.06 bits per heavy atom. The molecule has 2 atom stereocenters. The molecule has 0 bridgehead atoms. The van der Waals surface area contributed by atoms with Crippen LogP contribution in [0.25, 0.3) is 0 Å². The van der Waals surface area contributed by atoms with E-state index in [2.05, 4.69) is 0 Å². The van der Waals surface area contributed by atoms with Crippen LogP contribution in [-0.2, 0) is 11.2 Å². The van der Waals surface area contributed by atoms with E-state index in [-0.39, 0.29) is 23.6 Å². The average molecular weight is 223 g/mol. The molecule has 0 fully saturated rings. The smallest absolute Gasteiger partial charge is 0.168 e. The maximum Gasteiger partial charge on any atom is 0.168 e. The highest BCUT2D eigenvalue weighted by atomic mass is 19.1. The Balaban J connectivity index is 2.23. The van der Waals surface area contributed by atoms with Gasteiger partial charge in [0.05, 0.1) is 6.61 Å². The van der Waals surface area contributed by atoms with E-state index in [0.29, 0.717) is 18.6 Å². The van der Waals surface area contributed by atoms with E-state index < -0.39 is 0 Å². The Labute approximate surface area is 93.4 Å². The molecule has 0 amide bonds. The van der Waals surface area contributed by atoms with E-state index in [9.17, 15) is 9.18 Å². The third-order valence-corrected chi connectivity index (χ3v) is 2.99. The highest BCUT2D eigenvalue weighted by molar-refractivity contribution is 6.02. The van der Waals surface area contributed by atoms with Crippen LogP contribution in [0, 0.1) is 11.7 Å². The molecule has 0 saturated heterocycles. The fourth-order valence-electron chi connectivity index (χ4n) is 2.16. The van der Waals surface area contributed by atoms with E-state index in [1.54, 1.807) is 7.11 Å². The first-order valence-corrected chi connectivity index (χ1v) is 5.20. The number of ketones is 1. The molecule has 1 aromatic carbocycles. The summed E-state index contributed by atoms with van der Waals surface area (Å²) in [5.41, 5.74) is 7.20. The molecule has 0 saturated carbocycles. The van der Waals surface area contributed by atoms with Crippen molar-refractivity contribution < 1.29 is 13.9 Å². The summed E-state index contributed by atoms with van der Waals surface area (Å²) in [5.74, 6) is -0.594. The first-order chi connectivity index (χ1) is 7.63. The van der Waals surface area contributed by atoms with Crippen LogP contribution in [0.1, 0.15) is 15.9 Å². The molecule has 0 radical (unpaired) electrons. The van der Waals surface area contributed by atoms with Gasteiger partial charge in [-0.05, 0) is 30.2 Å². The van der Waals surface area contributed by atoms with Gasteiger partial charge in [-0.2, -0.15) is 0 Å². The fraction of sp³-hybridized carbons (Fsp3) is 0.417. The summed E-state index contributed by atoms with van der Waals surface area (Å²) >= 11 is 0. The van der Waals surface area contributed by atoms with E-state index in [1.165, 1.54) is 18.2 Å². The molecular formula is C12H14FNO2. The van der Waals surface area contributed by atoms with Gasteiger partial charge in [0.25, 0.3) is 0 Å². The molecule has 0 aliphatic heterocycles. The number of ether oxygens (including phenoxy) is 1. The lowest BCUT2D eigenvalue weighted by Gasteiger charge is -2.16. The summed E-state index contributed by atoms with van der Waals surface area (Å²) < 4.78 is 17.9. The number of fused-ring (bicyclic) bond motifs is 1. The molecule has 1 aliphatic rings. The zero-order valence-corrected chi connectivity index (χ0v) is 9.07. The largest absolute Gasteiger partial charge is 0.383 e. The number of nitrogens with two attached hydrogens (primary N) is 1. The highest BCUT2D eigenvalue weighted by Crippen LogP contribution is 2.28. The Morgan fingerprint density at radius 2 is 2.38 bits per heavy atom. The second-order valence-electron chi connectivity index (χ2n) is 4.10. The van der Waals surface area contributed by atoms with Gasteiger partial charge in [0, 0.05) is 24.6 Å². The topological polar surface area (TPSA) is 52.3 Å². The Morgan fingerprint density at radius 1 is 1.62 bits per heavy atom. The molecule has 0 heterocycles. The van der Waals surface area contributed by atoms with Crippen molar-refractivity contribution in [2.24, 2.45) is 11.7 Å². The molecule has 16 heavy (non-hydrogen) atoms. The molecule has 2 unspecified atom stereocenters. The molecule has 1 aliphatic carbocycles. The normalized spacial score (nSPS) is 20.9. The summed E-state index contributed by atoms with van der Waals surface area (Å²) in [6.45, 7) is 0.340. The van der Waals surface area contributed by atoms with Crippen LogP contribution < -0.4 is 5.73 Å². The zero-order valence-electron chi connectivity index (χ0n) is 9.07. The Kier molecular flexibility index (Phi) is 3.03. The van der Waals surface area contributed by atoms with Crippen LogP contribution in [0.15, 0.2) is 18.2 Å². The van der Waals surface area contributed by atoms with Crippen LogP contribution in [0.5, 0.6) is 0 Å². The minimum Gasteiger partial charge on any atom is -0.383 e. The molecule has 4 heteroatoms. The molecule has 0 aromatic heterocycles. The lowest BCUT2D eigenvalue weighted by Crippen LogP contribution is -2.37. The van der Waals surface area contributed by atoms with Gasteiger partial charge in [-0.1, -0.05) is 0 Å². The molecule has 86 valence electrons. The van der Waals surface area contributed by atoms with Crippen molar-refractivity contribution in [3.8, 4) is 0 Å². The van der Waals surface area contributed by atoms with E-state index in [4.69, 9.17) is 10.5 Å². The van der Waals surface area contributed by atoms with Gasteiger partial charge in [0.1, 0.15) is 5.82 Å². The summed E-state index contributed by atoms with van der Waals surface area (Å²) in [4.78, 5) is 12.0. The number of hydrogen-bond donors (Lipinski definition) is 1. The number of carbonyl (C=O) groups excluding carboxylic acids is 1. The van der Waals surface area contributed by atoms with Crippen LogP contribution in [0.4, 0.5) is 4.39 Å². The van der Waals surface area contributed by atoms with Gasteiger partial charge >= 0.3 is 0 Å². The molecular weight excluding hydrogens is 209 g/mol. The van der Waals surface area contributed by atoms with Crippen LogP contribution >= 0.6 is 0 Å². The second kappa shape index (κ2) is 4.31. The Bertz CT molecular complexity index is 419. The molecule has 1 aromatic rings. The monoisotopic (exact) mass is 223 g/mol. The third-order valence-electron chi connectivity index (χ3n) is 2.99. The SMILES string of the molecule is COCC(N)C1Cc2cc(F)ccc2C1=O. The summed E-state index contributed by atoms with van der Waals surface area (Å²) in [5, 5.41) is 0. The van der Waals surface area contributed by atoms with Gasteiger partial charge in [0.2, 0.25) is 0 Å². The van der Waals surface area contributed by atoms with Gasteiger partial charge in [-0.25, -0.2) is 4.39 Å². The van der Waals surface area contributed by atoms with Crippen molar-refractivity contribution in [3.05, 3.63) is 35.1 Å². The van der Waals surface area contributed by atoms with Crippen LogP contribution in [0.2, 0.25) is 0 Å². The fourth-order valence-corrected chi connectivity index (χ4v) is 2.16. The quantitative estimate of drug-likeness (QED) is 0.836. The van der Waals surface area contributed by atoms with E-state index >= 15 is 0 Å². The van der Waals surface area contributed by atoms with Crippen molar-refractivity contribution in [2.45, 2.75) is 12.5 Å². The number of methoxy groups -OCH3 is 1. The average Bonchev–Trinajstić information content (AvgIpc) is 2.56. The maximum atomic E-state index is 13.0. The number of Topliss-reactive ketones (excluding diaryl/α,β-unsaturated/α-hetero) is 1. The number of benzene rings is 1. The number of rotatable bonds is 3. The first kappa shape index (κ1) is 11.2. The van der Waals surface area contributed by atoms with Gasteiger partial charge < -0.3 is 10.5 Å². The van der Waals surface area contributed by atoms with Gasteiger partial charge in [-0.15, -0.1) is 0 Å². The number of halogens is 1. The first-order valence-electron chi connectivity index (χ1n) is 5.20. The maximum absolute atomic E-state index is 13.0. The van der Waals surface area contributed by atoms with Crippen molar-refractivity contribution in [1.82, 2.24) is 0 Å². The summed E-state index contributed by atoms with van der Waals surface area (Å²) in [6, 6.07) is 3.92. The number of carbonyl (C=O) groups is 1. The van der Waals surface area contributed by atoms with E-state index in [1.807, 2.05) is 0 Å². The van der Waals surface area contributed by atoms with Gasteiger partial charge in [0.15, 0.2) is 5.78 Å². The van der Waals surface area contributed by atoms with Crippen molar-refractivity contribution in [3.63, 3.8) is 0 Å². The molecule has 2 rings (SSSR count). The summed E-state index contributed by atoms with van der Waals surface area (Å²) in [6.07, 6.45) is 0.510. The molecule has 2 N–H and O–H groups in total. The lowest BCUT2D eigenvalue weighted by atomic mass is 9.97. The van der Waals surface area contributed by atoms with Gasteiger partial charge in [-0.3, -0.25) is 4.79 Å². The molecule has 0 spiro atoms. The second-order valence-corrected chi connectivity index (χ2v) is 4.10. The predicted octanol–water partition coefficient (Wildman–Crippen LogP) is 1.15.